The Morgan fingerprint density at radius 1 is 1.40 bits per heavy atom. The second kappa shape index (κ2) is 4.01. The zero-order chi connectivity index (χ0) is 8.20. The maximum Gasteiger partial charge on any atom is 0.0829 e. The first kappa shape index (κ1) is 10.0. The highest BCUT2D eigenvalue weighted by atomic mass is 127. The van der Waals surface area contributed by atoms with Gasteiger partial charge < -0.3 is 5.11 Å². The maximum absolute atomic E-state index is 8.78. The second-order valence-corrected chi connectivity index (χ2v) is 3.85. The lowest BCUT2D eigenvalue weighted by Gasteiger charge is -2.18. The minimum absolute atomic E-state index is 0.0381. The first-order chi connectivity index (χ1) is 4.52. The number of aliphatic hydroxyl groups excluding tert-OH is 1. The van der Waals surface area contributed by atoms with Crippen molar-refractivity contribution in [2.45, 2.75) is 20.8 Å². The molecule has 0 spiro atoms. The molecular formula is C8H13IO. The van der Waals surface area contributed by atoms with Crippen LogP contribution in [-0.4, -0.2) is 5.11 Å². The van der Waals surface area contributed by atoms with Crippen LogP contribution in [0.1, 0.15) is 20.8 Å². The largest absolute Gasteiger partial charge is 0.515 e. The summed E-state index contributed by atoms with van der Waals surface area (Å²) in [4.78, 5) is 0. The zero-order valence-electron chi connectivity index (χ0n) is 6.56. The summed E-state index contributed by atoms with van der Waals surface area (Å²) < 4.78 is 1.89. The second-order valence-electron chi connectivity index (χ2n) is 3.13. The highest BCUT2D eigenvalue weighted by molar-refractivity contribution is 14.1. The molecule has 0 aliphatic heterocycles. The standard InChI is InChI=1S/C8H13IO/c1-8(2,3)7(6-10)4-5-9/h4-6,10H,1-3H3/b5-4-,7-6+. The van der Waals surface area contributed by atoms with Gasteiger partial charge in [-0.25, -0.2) is 0 Å². The van der Waals surface area contributed by atoms with Crippen molar-refractivity contribution < 1.29 is 5.11 Å². The molecule has 1 N–H and O–H groups in total. The fourth-order valence-corrected chi connectivity index (χ4v) is 0.942. The maximum atomic E-state index is 8.78. The van der Waals surface area contributed by atoms with E-state index in [9.17, 15) is 0 Å². The molecule has 0 rings (SSSR count). The molecule has 10 heavy (non-hydrogen) atoms. The van der Waals surface area contributed by atoms with E-state index in [2.05, 4.69) is 43.4 Å². The Morgan fingerprint density at radius 2 is 1.90 bits per heavy atom. The van der Waals surface area contributed by atoms with Crippen molar-refractivity contribution in [2.75, 3.05) is 0 Å². The van der Waals surface area contributed by atoms with Crippen molar-refractivity contribution in [1.82, 2.24) is 0 Å². The third kappa shape index (κ3) is 3.25. The van der Waals surface area contributed by atoms with Gasteiger partial charge >= 0.3 is 0 Å². The molecule has 0 amide bonds. The molecule has 2 heteroatoms. The molecule has 0 aromatic rings. The van der Waals surface area contributed by atoms with E-state index >= 15 is 0 Å². The minimum Gasteiger partial charge on any atom is -0.515 e. The molecule has 1 nitrogen and oxygen atoms in total. The van der Waals surface area contributed by atoms with E-state index in [4.69, 9.17) is 5.11 Å². The van der Waals surface area contributed by atoms with Crippen molar-refractivity contribution in [2.24, 2.45) is 5.41 Å². The topological polar surface area (TPSA) is 20.2 Å². The van der Waals surface area contributed by atoms with Gasteiger partial charge in [0.25, 0.3) is 0 Å². The Hall–Kier alpha value is 0.01000. The summed E-state index contributed by atoms with van der Waals surface area (Å²) >= 11 is 2.13. The lowest BCUT2D eigenvalue weighted by atomic mass is 9.87. The lowest BCUT2D eigenvalue weighted by molar-refractivity contribution is 0.432. The molecular weight excluding hydrogens is 239 g/mol. The highest BCUT2D eigenvalue weighted by Crippen LogP contribution is 2.25. The first-order valence-corrected chi connectivity index (χ1v) is 4.38. The predicted molar refractivity (Wildman–Crippen MR) is 53.3 cm³/mol. The molecule has 0 atom stereocenters. The molecule has 0 heterocycles. The summed E-state index contributed by atoms with van der Waals surface area (Å²) in [5.41, 5.74) is 0.984. The molecule has 0 unspecified atom stereocenters. The van der Waals surface area contributed by atoms with Crippen LogP contribution in [0.25, 0.3) is 0 Å². The number of hydrogen-bond donors (Lipinski definition) is 1. The van der Waals surface area contributed by atoms with Crippen molar-refractivity contribution in [3.05, 3.63) is 22.0 Å². The molecule has 0 saturated heterocycles. The Morgan fingerprint density at radius 3 is 2.00 bits per heavy atom. The lowest BCUT2D eigenvalue weighted by Crippen LogP contribution is -2.07. The van der Waals surface area contributed by atoms with Crippen LogP contribution < -0.4 is 0 Å². The Kier molecular flexibility index (Phi) is 4.01. The van der Waals surface area contributed by atoms with Crippen LogP contribution in [0, 0.1) is 5.41 Å². The van der Waals surface area contributed by atoms with E-state index in [0.717, 1.165) is 11.8 Å². The van der Waals surface area contributed by atoms with Gasteiger partial charge in [0, 0.05) is 0 Å². The Labute approximate surface area is 76.0 Å². The van der Waals surface area contributed by atoms with Crippen molar-refractivity contribution in [1.29, 1.82) is 0 Å². The van der Waals surface area contributed by atoms with E-state index in [-0.39, 0.29) is 5.41 Å². The van der Waals surface area contributed by atoms with Gasteiger partial charge in [0.1, 0.15) is 0 Å². The molecule has 0 fully saturated rings. The van der Waals surface area contributed by atoms with Crippen LogP contribution in [0.15, 0.2) is 22.0 Å². The molecule has 0 aliphatic carbocycles. The van der Waals surface area contributed by atoms with Gasteiger partial charge in [-0.15, -0.1) is 0 Å². The van der Waals surface area contributed by atoms with Gasteiger partial charge in [0.2, 0.25) is 0 Å². The van der Waals surface area contributed by atoms with E-state index in [1.807, 2.05) is 10.2 Å². The molecule has 0 radical (unpaired) electrons. The average Bonchev–Trinajstić information content (AvgIpc) is 1.80. The van der Waals surface area contributed by atoms with E-state index in [0.29, 0.717) is 0 Å². The van der Waals surface area contributed by atoms with Crippen molar-refractivity contribution in [3.8, 4) is 0 Å². The number of allylic oxidation sites excluding steroid dienone is 2. The van der Waals surface area contributed by atoms with Gasteiger partial charge in [0.05, 0.1) is 6.26 Å². The molecule has 0 aromatic heterocycles. The third-order valence-electron chi connectivity index (χ3n) is 1.25. The number of rotatable bonds is 1. The summed E-state index contributed by atoms with van der Waals surface area (Å²) in [6.07, 6.45) is 3.07. The van der Waals surface area contributed by atoms with Crippen molar-refractivity contribution in [3.63, 3.8) is 0 Å². The van der Waals surface area contributed by atoms with E-state index in [1.54, 1.807) is 0 Å². The molecule has 0 aliphatic rings. The van der Waals surface area contributed by atoms with Gasteiger partial charge in [-0.05, 0) is 21.1 Å². The Bertz CT molecular complexity index is 151. The molecule has 0 aromatic carbocycles. The van der Waals surface area contributed by atoms with E-state index in [1.165, 1.54) is 0 Å². The van der Waals surface area contributed by atoms with E-state index < -0.39 is 0 Å². The average molecular weight is 252 g/mol. The number of aliphatic hydroxyl groups is 1. The Balaban J connectivity index is 4.39. The highest BCUT2D eigenvalue weighted by Gasteiger charge is 2.13. The third-order valence-corrected chi connectivity index (χ3v) is 1.61. The van der Waals surface area contributed by atoms with Gasteiger partial charge in [-0.3, -0.25) is 0 Å². The summed E-state index contributed by atoms with van der Waals surface area (Å²) in [5, 5.41) is 8.78. The number of hydrogen-bond acceptors (Lipinski definition) is 1. The molecule has 0 saturated carbocycles. The molecule has 0 bridgehead atoms. The predicted octanol–water partition coefficient (Wildman–Crippen LogP) is 3.42. The summed E-state index contributed by atoms with van der Waals surface area (Å²) in [6, 6.07) is 0. The molecule has 58 valence electrons. The SMILES string of the molecule is CC(C)(C)C(/C=C\I)=C/O. The smallest absolute Gasteiger partial charge is 0.0829 e. The van der Waals surface area contributed by atoms with Gasteiger partial charge in [-0.1, -0.05) is 43.4 Å². The first-order valence-electron chi connectivity index (χ1n) is 3.14. The fraction of sp³-hybridized carbons (Fsp3) is 0.500. The summed E-state index contributed by atoms with van der Waals surface area (Å²) in [6.45, 7) is 6.18. The van der Waals surface area contributed by atoms with Crippen molar-refractivity contribution >= 4 is 22.6 Å². The normalized spacial score (nSPS) is 14.6. The van der Waals surface area contributed by atoms with Crippen LogP contribution in [0.3, 0.4) is 0 Å². The quantitative estimate of drug-likeness (QED) is 0.430. The van der Waals surface area contributed by atoms with Gasteiger partial charge in [-0.2, -0.15) is 0 Å². The summed E-state index contributed by atoms with van der Waals surface area (Å²) in [5.74, 6) is 0. The number of halogens is 1. The summed E-state index contributed by atoms with van der Waals surface area (Å²) in [7, 11) is 0. The van der Waals surface area contributed by atoms with Crippen LogP contribution in [0.5, 0.6) is 0 Å². The van der Waals surface area contributed by atoms with Gasteiger partial charge in [0.15, 0.2) is 0 Å². The fourth-order valence-electron chi connectivity index (χ4n) is 0.555. The van der Waals surface area contributed by atoms with Crippen LogP contribution in [-0.2, 0) is 0 Å². The zero-order valence-corrected chi connectivity index (χ0v) is 8.71. The van der Waals surface area contributed by atoms with Crippen LogP contribution in [0.4, 0.5) is 0 Å². The van der Waals surface area contributed by atoms with Crippen LogP contribution >= 0.6 is 22.6 Å². The minimum atomic E-state index is 0.0381. The monoisotopic (exact) mass is 252 g/mol. The van der Waals surface area contributed by atoms with Crippen LogP contribution in [0.2, 0.25) is 0 Å².